The van der Waals surface area contributed by atoms with Gasteiger partial charge in [-0.25, -0.2) is 4.39 Å². The predicted octanol–water partition coefficient (Wildman–Crippen LogP) is 2.13. The van der Waals surface area contributed by atoms with E-state index in [4.69, 9.17) is 0 Å². The number of carbonyl (C=O) groups is 1. The Bertz CT molecular complexity index is 331. The minimum absolute atomic E-state index is 0.190. The van der Waals surface area contributed by atoms with Crippen LogP contribution in [0.1, 0.15) is 27.9 Å². The zero-order chi connectivity index (χ0) is 8.55. The van der Waals surface area contributed by atoms with Crippen LogP contribution in [0.4, 0.5) is 4.39 Å². The van der Waals surface area contributed by atoms with E-state index in [1.54, 1.807) is 6.07 Å². The molecule has 62 valence electrons. The molecule has 12 heavy (non-hydrogen) atoms. The van der Waals surface area contributed by atoms with Crippen molar-refractivity contribution in [2.75, 3.05) is 0 Å². The molecule has 0 unspecified atom stereocenters. The Balaban J connectivity index is 2.61. The fourth-order valence-corrected chi connectivity index (χ4v) is 1.73. The zero-order valence-corrected chi connectivity index (χ0v) is 6.64. The summed E-state index contributed by atoms with van der Waals surface area (Å²) >= 11 is 0. The molecule has 0 bridgehead atoms. The highest BCUT2D eigenvalue weighted by atomic mass is 19.1. The molecule has 1 aromatic carbocycles. The van der Waals surface area contributed by atoms with Gasteiger partial charge in [0.05, 0.1) is 5.56 Å². The summed E-state index contributed by atoms with van der Waals surface area (Å²) < 4.78 is 13.3. The van der Waals surface area contributed by atoms with Crippen molar-refractivity contribution in [2.45, 2.75) is 19.3 Å². The normalized spacial score (nSPS) is 14.4. The van der Waals surface area contributed by atoms with Crippen LogP contribution >= 0.6 is 0 Å². The van der Waals surface area contributed by atoms with Crippen molar-refractivity contribution in [1.29, 1.82) is 0 Å². The van der Waals surface area contributed by atoms with Crippen LogP contribution in [0, 0.1) is 5.82 Å². The summed E-state index contributed by atoms with van der Waals surface area (Å²) in [5, 5.41) is 0. The SMILES string of the molecule is O=Cc1ccc2c(c1F)CCC2. The molecule has 0 saturated heterocycles. The van der Waals surface area contributed by atoms with E-state index in [0.717, 1.165) is 30.4 Å². The van der Waals surface area contributed by atoms with E-state index in [2.05, 4.69) is 0 Å². The van der Waals surface area contributed by atoms with Crippen LogP contribution in [0.5, 0.6) is 0 Å². The molecule has 0 aromatic heterocycles. The molecule has 1 aromatic rings. The van der Waals surface area contributed by atoms with Gasteiger partial charge in [-0.1, -0.05) is 6.07 Å². The predicted molar refractivity (Wildman–Crippen MR) is 43.8 cm³/mol. The van der Waals surface area contributed by atoms with Crippen LogP contribution in [0.2, 0.25) is 0 Å². The standard InChI is InChI=1S/C10H9FO/c11-10-8(6-12)5-4-7-2-1-3-9(7)10/h4-6H,1-3H2. The molecule has 0 heterocycles. The Hall–Kier alpha value is -1.18. The van der Waals surface area contributed by atoms with Crippen molar-refractivity contribution in [3.63, 3.8) is 0 Å². The molecule has 0 radical (unpaired) electrons. The van der Waals surface area contributed by atoms with Gasteiger partial charge in [0.1, 0.15) is 5.82 Å². The zero-order valence-electron chi connectivity index (χ0n) is 6.64. The summed E-state index contributed by atoms with van der Waals surface area (Å²) in [6.45, 7) is 0. The van der Waals surface area contributed by atoms with Gasteiger partial charge in [0.25, 0.3) is 0 Å². The van der Waals surface area contributed by atoms with E-state index in [-0.39, 0.29) is 11.4 Å². The highest BCUT2D eigenvalue weighted by molar-refractivity contribution is 5.76. The van der Waals surface area contributed by atoms with Crippen LogP contribution in [-0.4, -0.2) is 6.29 Å². The highest BCUT2D eigenvalue weighted by Gasteiger charge is 2.17. The number of aryl methyl sites for hydroxylation is 1. The lowest BCUT2D eigenvalue weighted by molar-refractivity contribution is 0.111. The van der Waals surface area contributed by atoms with Gasteiger partial charge in [0.2, 0.25) is 0 Å². The number of halogens is 1. The quantitative estimate of drug-likeness (QED) is 0.581. The summed E-state index contributed by atoms with van der Waals surface area (Å²) in [7, 11) is 0. The van der Waals surface area contributed by atoms with Crippen LogP contribution < -0.4 is 0 Å². The van der Waals surface area contributed by atoms with Crippen molar-refractivity contribution < 1.29 is 9.18 Å². The molecule has 0 amide bonds. The van der Waals surface area contributed by atoms with Crippen LogP contribution in [0.3, 0.4) is 0 Å². The van der Waals surface area contributed by atoms with Gasteiger partial charge < -0.3 is 0 Å². The number of hydrogen-bond acceptors (Lipinski definition) is 1. The van der Waals surface area contributed by atoms with Gasteiger partial charge in [-0.15, -0.1) is 0 Å². The smallest absolute Gasteiger partial charge is 0.153 e. The van der Waals surface area contributed by atoms with E-state index in [1.165, 1.54) is 0 Å². The third-order valence-corrected chi connectivity index (χ3v) is 2.37. The third-order valence-electron chi connectivity index (χ3n) is 2.37. The molecule has 0 fully saturated rings. The van der Waals surface area contributed by atoms with Crippen molar-refractivity contribution in [3.05, 3.63) is 34.6 Å². The number of hydrogen-bond donors (Lipinski definition) is 0. The number of aldehydes is 1. The maximum atomic E-state index is 13.3. The van der Waals surface area contributed by atoms with Gasteiger partial charge in [-0.2, -0.15) is 0 Å². The fraction of sp³-hybridized carbons (Fsp3) is 0.300. The average molecular weight is 164 g/mol. The first kappa shape index (κ1) is 7.47. The van der Waals surface area contributed by atoms with Gasteiger partial charge in [0.15, 0.2) is 6.29 Å². The molecule has 0 N–H and O–H groups in total. The maximum Gasteiger partial charge on any atom is 0.153 e. The van der Waals surface area contributed by atoms with Gasteiger partial charge >= 0.3 is 0 Å². The number of carbonyl (C=O) groups excluding carboxylic acids is 1. The van der Waals surface area contributed by atoms with Crippen LogP contribution in [0.25, 0.3) is 0 Å². The average Bonchev–Trinajstić information content (AvgIpc) is 2.53. The summed E-state index contributed by atoms with van der Waals surface area (Å²) in [6.07, 6.45) is 3.32. The Morgan fingerprint density at radius 3 is 2.92 bits per heavy atom. The molecule has 0 aliphatic heterocycles. The van der Waals surface area contributed by atoms with Crippen molar-refractivity contribution >= 4 is 6.29 Å². The van der Waals surface area contributed by atoms with Crippen molar-refractivity contribution in [3.8, 4) is 0 Å². The molecular weight excluding hydrogens is 155 g/mol. The Morgan fingerprint density at radius 1 is 1.33 bits per heavy atom. The first-order valence-corrected chi connectivity index (χ1v) is 4.08. The topological polar surface area (TPSA) is 17.1 Å². The largest absolute Gasteiger partial charge is 0.298 e. The molecule has 1 nitrogen and oxygen atoms in total. The van der Waals surface area contributed by atoms with Gasteiger partial charge in [-0.05, 0) is 36.5 Å². The minimum Gasteiger partial charge on any atom is -0.298 e. The molecule has 1 aliphatic rings. The highest BCUT2D eigenvalue weighted by Crippen LogP contribution is 2.25. The van der Waals surface area contributed by atoms with Crippen LogP contribution in [-0.2, 0) is 12.8 Å². The monoisotopic (exact) mass is 164 g/mol. The first-order chi connectivity index (χ1) is 5.83. The van der Waals surface area contributed by atoms with Crippen molar-refractivity contribution in [2.24, 2.45) is 0 Å². The second-order valence-corrected chi connectivity index (χ2v) is 3.08. The van der Waals surface area contributed by atoms with E-state index in [0.29, 0.717) is 6.29 Å². The number of benzene rings is 1. The lowest BCUT2D eigenvalue weighted by Gasteiger charge is -2.01. The van der Waals surface area contributed by atoms with Crippen LogP contribution in [0.15, 0.2) is 12.1 Å². The molecule has 0 atom stereocenters. The molecular formula is C10H9FO. The molecule has 2 rings (SSSR count). The molecule has 2 heteroatoms. The second kappa shape index (κ2) is 2.70. The van der Waals surface area contributed by atoms with E-state index in [1.807, 2.05) is 6.07 Å². The summed E-state index contributed by atoms with van der Waals surface area (Å²) in [5.74, 6) is -0.306. The Kier molecular flexibility index (Phi) is 1.68. The summed E-state index contributed by atoms with van der Waals surface area (Å²) in [5.41, 5.74) is 2.01. The van der Waals surface area contributed by atoms with Crippen molar-refractivity contribution in [1.82, 2.24) is 0 Å². The lowest BCUT2D eigenvalue weighted by Crippen LogP contribution is -1.94. The van der Waals surface area contributed by atoms with Gasteiger partial charge in [-0.3, -0.25) is 4.79 Å². The minimum atomic E-state index is -0.306. The Morgan fingerprint density at radius 2 is 2.17 bits per heavy atom. The van der Waals surface area contributed by atoms with E-state index in [9.17, 15) is 9.18 Å². The first-order valence-electron chi connectivity index (χ1n) is 4.08. The maximum absolute atomic E-state index is 13.3. The summed E-state index contributed by atoms with van der Waals surface area (Å²) in [4.78, 5) is 10.4. The number of fused-ring (bicyclic) bond motifs is 1. The van der Waals surface area contributed by atoms with E-state index >= 15 is 0 Å². The fourth-order valence-electron chi connectivity index (χ4n) is 1.73. The molecule has 0 spiro atoms. The number of rotatable bonds is 1. The second-order valence-electron chi connectivity index (χ2n) is 3.08. The Labute approximate surface area is 70.2 Å². The van der Waals surface area contributed by atoms with Gasteiger partial charge in [0, 0.05) is 0 Å². The lowest BCUT2D eigenvalue weighted by atomic mass is 10.1. The molecule has 1 aliphatic carbocycles. The molecule has 0 saturated carbocycles. The third kappa shape index (κ3) is 0.951. The summed E-state index contributed by atoms with van der Waals surface area (Å²) in [6, 6.07) is 3.42. The van der Waals surface area contributed by atoms with E-state index < -0.39 is 0 Å².